The summed E-state index contributed by atoms with van der Waals surface area (Å²) in [4.78, 5) is 2.58. The van der Waals surface area contributed by atoms with Crippen molar-refractivity contribution in [2.75, 3.05) is 13.1 Å². The minimum atomic E-state index is 0.735. The second-order valence-electron chi connectivity index (χ2n) is 5.22. The molecule has 2 heteroatoms. The van der Waals surface area contributed by atoms with Crippen LogP contribution in [0.2, 0.25) is 0 Å². The van der Waals surface area contributed by atoms with Crippen LogP contribution in [0.25, 0.3) is 0 Å². The molecule has 0 bridgehead atoms. The molecule has 0 amide bonds. The first-order valence-corrected chi connectivity index (χ1v) is 6.79. The highest BCUT2D eigenvalue weighted by molar-refractivity contribution is 5.14. The molecule has 0 saturated heterocycles. The highest BCUT2D eigenvalue weighted by Crippen LogP contribution is 2.30. The van der Waals surface area contributed by atoms with Crippen LogP contribution < -0.4 is 5.73 Å². The van der Waals surface area contributed by atoms with Crippen molar-refractivity contribution in [2.24, 2.45) is 11.7 Å². The van der Waals surface area contributed by atoms with Gasteiger partial charge in [-0.25, -0.2) is 0 Å². The van der Waals surface area contributed by atoms with Crippen LogP contribution in [0.3, 0.4) is 0 Å². The molecule has 94 valence electrons. The number of nitrogens with zero attached hydrogens (tertiary/aromatic N) is 1. The van der Waals surface area contributed by atoms with Gasteiger partial charge in [0.1, 0.15) is 0 Å². The number of hydrogen-bond donors (Lipinski definition) is 1. The number of hydrogen-bond acceptors (Lipinski definition) is 2. The van der Waals surface area contributed by atoms with Gasteiger partial charge in [0.25, 0.3) is 0 Å². The average Bonchev–Trinajstić information content (AvgIpc) is 2.76. The van der Waals surface area contributed by atoms with E-state index in [1.807, 2.05) is 0 Å². The molecule has 0 heterocycles. The fourth-order valence-corrected chi connectivity index (χ4v) is 3.01. The van der Waals surface area contributed by atoms with Crippen molar-refractivity contribution in [1.82, 2.24) is 4.90 Å². The van der Waals surface area contributed by atoms with Gasteiger partial charge in [-0.15, -0.1) is 0 Å². The Morgan fingerprint density at radius 1 is 1.24 bits per heavy atom. The van der Waals surface area contributed by atoms with Gasteiger partial charge >= 0.3 is 0 Å². The molecule has 1 aliphatic carbocycles. The molecule has 2 nitrogen and oxygen atoms in total. The van der Waals surface area contributed by atoms with Crippen molar-refractivity contribution in [1.29, 1.82) is 0 Å². The van der Waals surface area contributed by atoms with Crippen LogP contribution in [0.4, 0.5) is 0 Å². The third-order valence-corrected chi connectivity index (χ3v) is 3.93. The summed E-state index contributed by atoms with van der Waals surface area (Å²) < 4.78 is 0. The van der Waals surface area contributed by atoms with Crippen LogP contribution in [0.15, 0.2) is 30.3 Å². The van der Waals surface area contributed by atoms with E-state index >= 15 is 0 Å². The molecule has 17 heavy (non-hydrogen) atoms. The number of benzene rings is 1. The molecule has 2 rings (SSSR count). The van der Waals surface area contributed by atoms with Crippen LogP contribution >= 0.6 is 0 Å². The molecule has 1 saturated carbocycles. The van der Waals surface area contributed by atoms with Gasteiger partial charge < -0.3 is 5.73 Å². The fraction of sp³-hybridized carbons (Fsp3) is 0.600. The molecule has 1 aromatic carbocycles. The second-order valence-corrected chi connectivity index (χ2v) is 5.22. The Balaban J connectivity index is 2.02. The van der Waals surface area contributed by atoms with Crippen LogP contribution in [-0.2, 0) is 6.54 Å². The summed E-state index contributed by atoms with van der Waals surface area (Å²) in [5.74, 6) is 0.824. The predicted molar refractivity (Wildman–Crippen MR) is 72.7 cm³/mol. The highest BCUT2D eigenvalue weighted by atomic mass is 15.2. The Morgan fingerprint density at radius 3 is 2.59 bits per heavy atom. The lowest BCUT2D eigenvalue weighted by molar-refractivity contribution is 0.162. The van der Waals surface area contributed by atoms with Gasteiger partial charge in [-0.1, -0.05) is 43.7 Å². The lowest BCUT2D eigenvalue weighted by atomic mass is 10.0. The summed E-state index contributed by atoms with van der Waals surface area (Å²) in [6, 6.07) is 11.5. The van der Waals surface area contributed by atoms with Gasteiger partial charge in [0.2, 0.25) is 0 Å². The topological polar surface area (TPSA) is 29.3 Å². The molecule has 0 aromatic heterocycles. The fourth-order valence-electron chi connectivity index (χ4n) is 3.01. The number of rotatable bonds is 5. The third-order valence-electron chi connectivity index (χ3n) is 3.93. The van der Waals surface area contributed by atoms with Crippen LogP contribution in [0, 0.1) is 5.92 Å². The maximum absolute atomic E-state index is 5.75. The van der Waals surface area contributed by atoms with Crippen LogP contribution in [0.1, 0.15) is 31.7 Å². The maximum atomic E-state index is 5.75. The van der Waals surface area contributed by atoms with Gasteiger partial charge in [0.05, 0.1) is 0 Å². The SMILES string of the molecule is CC1CCCC1N(CCN)Cc1ccccc1. The molecule has 1 aliphatic rings. The van der Waals surface area contributed by atoms with Gasteiger partial charge in [0.15, 0.2) is 0 Å². The highest BCUT2D eigenvalue weighted by Gasteiger charge is 2.28. The summed E-state index contributed by atoms with van der Waals surface area (Å²) in [6.45, 7) is 5.21. The zero-order valence-electron chi connectivity index (χ0n) is 10.8. The minimum absolute atomic E-state index is 0.735. The van der Waals surface area contributed by atoms with E-state index in [0.717, 1.165) is 31.6 Å². The first-order valence-electron chi connectivity index (χ1n) is 6.79. The maximum Gasteiger partial charge on any atom is 0.0237 e. The van der Waals surface area contributed by atoms with E-state index in [1.54, 1.807) is 0 Å². The van der Waals surface area contributed by atoms with E-state index in [-0.39, 0.29) is 0 Å². The zero-order chi connectivity index (χ0) is 12.1. The Morgan fingerprint density at radius 2 is 2.00 bits per heavy atom. The van der Waals surface area contributed by atoms with Crippen LogP contribution in [0.5, 0.6) is 0 Å². The molecule has 0 radical (unpaired) electrons. The molecule has 0 spiro atoms. The van der Waals surface area contributed by atoms with Gasteiger partial charge in [-0.05, 0) is 24.3 Å². The van der Waals surface area contributed by atoms with Crippen molar-refractivity contribution in [3.05, 3.63) is 35.9 Å². The summed E-state index contributed by atoms with van der Waals surface area (Å²) in [6.07, 6.45) is 4.09. The van der Waals surface area contributed by atoms with E-state index in [2.05, 4.69) is 42.2 Å². The standard InChI is InChI=1S/C15H24N2/c1-13-6-5-9-15(13)17(11-10-16)12-14-7-3-2-4-8-14/h2-4,7-8,13,15H,5-6,9-12,16H2,1H3. The largest absolute Gasteiger partial charge is 0.329 e. The van der Waals surface area contributed by atoms with E-state index < -0.39 is 0 Å². The van der Waals surface area contributed by atoms with Crippen molar-refractivity contribution in [3.8, 4) is 0 Å². The monoisotopic (exact) mass is 232 g/mol. The summed E-state index contributed by atoms with van der Waals surface area (Å²) in [5, 5.41) is 0. The molecule has 2 atom stereocenters. The van der Waals surface area contributed by atoms with Crippen LogP contribution in [-0.4, -0.2) is 24.0 Å². The average molecular weight is 232 g/mol. The van der Waals surface area contributed by atoms with E-state index in [4.69, 9.17) is 5.73 Å². The zero-order valence-corrected chi connectivity index (χ0v) is 10.8. The first kappa shape index (κ1) is 12.6. The molecule has 1 aromatic rings. The van der Waals surface area contributed by atoms with Crippen molar-refractivity contribution >= 4 is 0 Å². The van der Waals surface area contributed by atoms with E-state index in [1.165, 1.54) is 24.8 Å². The Kier molecular flexibility index (Phi) is 4.57. The Hall–Kier alpha value is -0.860. The van der Waals surface area contributed by atoms with E-state index in [9.17, 15) is 0 Å². The van der Waals surface area contributed by atoms with E-state index in [0.29, 0.717) is 0 Å². The van der Waals surface area contributed by atoms with Gasteiger partial charge in [0, 0.05) is 25.7 Å². The normalized spacial score (nSPS) is 24.4. The van der Waals surface area contributed by atoms with Gasteiger partial charge in [-0.3, -0.25) is 4.90 Å². The van der Waals surface area contributed by atoms with Crippen molar-refractivity contribution in [2.45, 2.75) is 38.8 Å². The molecule has 0 aliphatic heterocycles. The number of nitrogens with two attached hydrogens (primary N) is 1. The Bertz CT molecular complexity index is 323. The lowest BCUT2D eigenvalue weighted by Crippen LogP contribution is -2.39. The summed E-state index contributed by atoms with van der Waals surface area (Å²) in [7, 11) is 0. The molecule has 2 N–H and O–H groups in total. The van der Waals surface area contributed by atoms with Gasteiger partial charge in [-0.2, -0.15) is 0 Å². The smallest absolute Gasteiger partial charge is 0.0237 e. The predicted octanol–water partition coefficient (Wildman–Crippen LogP) is 2.64. The molecule has 2 unspecified atom stereocenters. The summed E-state index contributed by atoms with van der Waals surface area (Å²) >= 11 is 0. The first-order chi connectivity index (χ1) is 8.31. The quantitative estimate of drug-likeness (QED) is 0.845. The molecular formula is C15H24N2. The minimum Gasteiger partial charge on any atom is -0.329 e. The van der Waals surface area contributed by atoms with Crippen molar-refractivity contribution in [3.63, 3.8) is 0 Å². The second kappa shape index (κ2) is 6.18. The summed E-state index contributed by atoms with van der Waals surface area (Å²) in [5.41, 5.74) is 7.16. The van der Waals surface area contributed by atoms with Crippen molar-refractivity contribution < 1.29 is 0 Å². The molecular weight excluding hydrogens is 208 g/mol. The Labute approximate surface area is 105 Å². The molecule has 1 fully saturated rings. The lowest BCUT2D eigenvalue weighted by Gasteiger charge is -2.31. The third kappa shape index (κ3) is 3.30.